The van der Waals surface area contributed by atoms with Crippen LogP contribution in [0.25, 0.3) is 98.4 Å². The molecule has 0 saturated carbocycles. The molecule has 0 spiro atoms. The van der Waals surface area contributed by atoms with Crippen LogP contribution in [0, 0.1) is 27.7 Å². The molecule has 0 bridgehead atoms. The topological polar surface area (TPSA) is 15.3 Å². The molecule has 0 aliphatic heterocycles. The van der Waals surface area contributed by atoms with Crippen molar-refractivity contribution in [3.05, 3.63) is 253 Å². The van der Waals surface area contributed by atoms with E-state index < -0.39 is 0 Å². The van der Waals surface area contributed by atoms with Crippen molar-refractivity contribution in [1.82, 2.24) is 8.80 Å². The molecule has 4 heteroatoms. The maximum atomic E-state index is 2.55. The summed E-state index contributed by atoms with van der Waals surface area (Å²) >= 11 is 0. The van der Waals surface area contributed by atoms with Crippen LogP contribution < -0.4 is 9.80 Å². The van der Waals surface area contributed by atoms with E-state index in [0.717, 1.165) is 34.1 Å². The van der Waals surface area contributed by atoms with Gasteiger partial charge in [-0.15, -0.1) is 0 Å². The Morgan fingerprint density at radius 3 is 1.05 bits per heavy atom. The highest BCUT2D eigenvalue weighted by atomic mass is 15.2. The van der Waals surface area contributed by atoms with Gasteiger partial charge >= 0.3 is 0 Å². The van der Waals surface area contributed by atoms with Gasteiger partial charge in [0.2, 0.25) is 0 Å². The molecule has 4 aromatic heterocycles. The number of para-hydroxylation sites is 6. The van der Waals surface area contributed by atoms with E-state index in [1.165, 1.54) is 121 Å². The van der Waals surface area contributed by atoms with E-state index in [1.54, 1.807) is 0 Å². The number of hydrogen-bond acceptors (Lipinski definition) is 2. The Morgan fingerprint density at radius 2 is 0.635 bits per heavy atom. The van der Waals surface area contributed by atoms with Gasteiger partial charge in [0.25, 0.3) is 0 Å². The van der Waals surface area contributed by atoms with Gasteiger partial charge in [-0.3, -0.25) is 0 Å². The highest BCUT2D eigenvalue weighted by Gasteiger charge is 2.29. The molecule has 0 aliphatic rings. The van der Waals surface area contributed by atoms with Crippen LogP contribution in [0.4, 0.5) is 34.1 Å². The fraction of sp³-hybridized carbons (Fsp3) is 0.0571. The quantitative estimate of drug-likeness (QED) is 0.151. The Bertz CT molecular complexity index is 4370. The third kappa shape index (κ3) is 6.15. The van der Waals surface area contributed by atoms with Crippen LogP contribution in [0.1, 0.15) is 22.3 Å². The first-order valence-electron chi connectivity index (χ1n) is 25.8. The van der Waals surface area contributed by atoms with Crippen LogP contribution in [0.3, 0.4) is 0 Å². The second-order valence-electron chi connectivity index (χ2n) is 20.4. The van der Waals surface area contributed by atoms with Crippen LogP contribution in [0.2, 0.25) is 0 Å². The van der Waals surface area contributed by atoms with E-state index >= 15 is 0 Å². The van der Waals surface area contributed by atoms with Crippen molar-refractivity contribution in [1.29, 1.82) is 0 Å². The van der Waals surface area contributed by atoms with Gasteiger partial charge in [-0.25, -0.2) is 0 Å². The lowest BCUT2D eigenvalue weighted by atomic mass is 9.97. The van der Waals surface area contributed by atoms with E-state index in [2.05, 4.69) is 277 Å². The number of benzene rings is 11. The van der Waals surface area contributed by atoms with Crippen LogP contribution in [0.15, 0.2) is 231 Å². The van der Waals surface area contributed by atoms with Crippen LogP contribution in [-0.2, 0) is 0 Å². The predicted octanol–water partition coefficient (Wildman–Crippen LogP) is 19.5. The molecule has 0 fully saturated rings. The van der Waals surface area contributed by atoms with Gasteiger partial charge in [0.05, 0.1) is 55.8 Å². The lowest BCUT2D eigenvalue weighted by molar-refractivity contribution is 1.29. The molecule has 350 valence electrons. The molecule has 0 N–H and O–H groups in total. The first-order chi connectivity index (χ1) is 36.4. The number of aryl methyl sites for hydroxylation is 4. The number of fused-ring (bicyclic) bond motifs is 12. The predicted molar refractivity (Wildman–Crippen MR) is 315 cm³/mol. The first kappa shape index (κ1) is 42.3. The van der Waals surface area contributed by atoms with Crippen LogP contribution in [-0.4, -0.2) is 8.80 Å². The third-order valence-corrected chi connectivity index (χ3v) is 15.6. The van der Waals surface area contributed by atoms with Gasteiger partial charge in [-0.2, -0.15) is 0 Å². The molecular formula is C70H50N4. The summed E-state index contributed by atoms with van der Waals surface area (Å²) in [6, 6.07) is 85.9. The molecule has 0 unspecified atom stereocenters. The third-order valence-electron chi connectivity index (χ3n) is 15.6. The van der Waals surface area contributed by atoms with Crippen LogP contribution >= 0.6 is 0 Å². The molecular weight excluding hydrogens is 897 g/mol. The molecule has 74 heavy (non-hydrogen) atoms. The number of rotatable bonds is 8. The van der Waals surface area contributed by atoms with Gasteiger partial charge in [0, 0.05) is 65.6 Å². The Morgan fingerprint density at radius 1 is 0.270 bits per heavy atom. The van der Waals surface area contributed by atoms with Crippen molar-refractivity contribution in [2.45, 2.75) is 27.7 Å². The standard InChI is InChI=1S/C70H50N4/c1-43-35-44(2)38-47(37-43)51-23-11-15-27-59(51)71(49-19-7-5-8-20-49)63-33-31-53-57-41-66-58(42-65(57)73-61-29-17-13-25-55(61)67(63)69(53)73)54-32-34-64(68-56-26-14-18-30-62(56)74(66)70(54)68)72(50-21-9-6-10-22-50)60-28-16-12-24-52(60)48-39-45(3)36-46(4)40-48/h5-42H,1-4H3. The Hall–Kier alpha value is -9.38. The normalized spacial score (nSPS) is 12.1. The fourth-order valence-corrected chi connectivity index (χ4v) is 12.9. The average molecular weight is 947 g/mol. The summed E-state index contributed by atoms with van der Waals surface area (Å²) in [6.07, 6.45) is 0. The van der Waals surface area contributed by atoms with E-state index in [-0.39, 0.29) is 0 Å². The summed E-state index contributed by atoms with van der Waals surface area (Å²) < 4.78 is 5.10. The molecule has 11 aromatic carbocycles. The number of hydrogen-bond donors (Lipinski definition) is 0. The number of nitrogens with zero attached hydrogens (tertiary/aromatic N) is 4. The van der Waals surface area contributed by atoms with Gasteiger partial charge < -0.3 is 18.6 Å². The highest BCUT2D eigenvalue weighted by molar-refractivity contribution is 6.32. The average Bonchev–Trinajstić information content (AvgIpc) is 4.17. The molecule has 0 saturated heterocycles. The van der Waals surface area contributed by atoms with Crippen molar-refractivity contribution >= 4 is 110 Å². The zero-order chi connectivity index (χ0) is 49.3. The fourth-order valence-electron chi connectivity index (χ4n) is 12.9. The molecule has 4 heterocycles. The molecule has 0 amide bonds. The van der Waals surface area contributed by atoms with Crippen LogP contribution in [0.5, 0.6) is 0 Å². The maximum Gasteiger partial charge on any atom is 0.0641 e. The van der Waals surface area contributed by atoms with E-state index in [9.17, 15) is 0 Å². The van der Waals surface area contributed by atoms with Gasteiger partial charge in [0.15, 0.2) is 0 Å². The number of anilines is 6. The maximum absolute atomic E-state index is 2.55. The van der Waals surface area contributed by atoms with E-state index in [1.807, 2.05) is 0 Å². The van der Waals surface area contributed by atoms with Gasteiger partial charge in [-0.05, 0) is 112 Å². The summed E-state index contributed by atoms with van der Waals surface area (Å²) in [4.78, 5) is 4.98. The lowest BCUT2D eigenvalue weighted by Gasteiger charge is -2.29. The highest BCUT2D eigenvalue weighted by Crippen LogP contribution is 2.53. The Kier molecular flexibility index (Phi) is 9.19. The van der Waals surface area contributed by atoms with E-state index in [0.29, 0.717) is 0 Å². The molecule has 15 aromatic rings. The second-order valence-corrected chi connectivity index (χ2v) is 20.4. The van der Waals surface area contributed by atoms with Crippen molar-refractivity contribution in [3.63, 3.8) is 0 Å². The first-order valence-corrected chi connectivity index (χ1v) is 25.8. The monoisotopic (exact) mass is 946 g/mol. The largest absolute Gasteiger partial charge is 0.309 e. The SMILES string of the molecule is Cc1cc(C)cc(-c2ccccc2N(c2ccccc2)c2ccc3c4cc5c(cc4n4c6ccccc6c2c34)c2ccc(N(c3ccccc3)c3ccccc3-c3cc(C)cc(C)c3)c3c4ccccc4n5c23)c1. The molecule has 0 atom stereocenters. The zero-order valence-corrected chi connectivity index (χ0v) is 41.7. The van der Waals surface area contributed by atoms with E-state index in [4.69, 9.17) is 0 Å². The Labute approximate surface area is 429 Å². The minimum absolute atomic E-state index is 1.12. The Balaban J connectivity index is 1.00. The van der Waals surface area contributed by atoms with Crippen molar-refractivity contribution in [2.24, 2.45) is 0 Å². The molecule has 0 radical (unpaired) electrons. The second kappa shape index (κ2) is 16.1. The van der Waals surface area contributed by atoms with Crippen molar-refractivity contribution in [2.75, 3.05) is 9.80 Å². The molecule has 15 rings (SSSR count). The number of aromatic nitrogens is 2. The lowest BCUT2D eigenvalue weighted by Crippen LogP contribution is -2.11. The molecule has 0 aliphatic carbocycles. The summed E-state index contributed by atoms with van der Waals surface area (Å²) in [7, 11) is 0. The summed E-state index contributed by atoms with van der Waals surface area (Å²) in [5.74, 6) is 0. The zero-order valence-electron chi connectivity index (χ0n) is 41.7. The summed E-state index contributed by atoms with van der Waals surface area (Å²) in [5, 5.41) is 9.95. The van der Waals surface area contributed by atoms with Crippen molar-refractivity contribution in [3.8, 4) is 22.3 Å². The minimum Gasteiger partial charge on any atom is -0.309 e. The summed E-state index contributed by atoms with van der Waals surface area (Å²) in [6.45, 7) is 8.78. The van der Waals surface area contributed by atoms with Crippen molar-refractivity contribution < 1.29 is 0 Å². The smallest absolute Gasteiger partial charge is 0.0641 e. The molecule has 4 nitrogen and oxygen atoms in total. The van der Waals surface area contributed by atoms with Gasteiger partial charge in [-0.1, -0.05) is 180 Å². The summed E-state index contributed by atoms with van der Waals surface area (Å²) in [5.41, 5.74) is 24.0. The minimum atomic E-state index is 1.12. The van der Waals surface area contributed by atoms with Gasteiger partial charge in [0.1, 0.15) is 0 Å².